The van der Waals surface area contributed by atoms with Gasteiger partial charge in [-0.3, -0.25) is 14.5 Å². The molecule has 1 aromatic heterocycles. The minimum Gasteiger partial charge on any atom is -0.494 e. The Hall–Kier alpha value is -3.52. The lowest BCUT2D eigenvalue weighted by Gasteiger charge is -2.34. The average molecular weight is 462 g/mol. The lowest BCUT2D eigenvalue weighted by atomic mass is 10.1. The molecule has 1 fully saturated rings. The van der Waals surface area contributed by atoms with E-state index >= 15 is 0 Å². The Bertz CT molecular complexity index is 1140. The van der Waals surface area contributed by atoms with Crippen molar-refractivity contribution in [3.63, 3.8) is 0 Å². The first kappa shape index (κ1) is 23.6. The second-order valence-corrected chi connectivity index (χ2v) is 8.47. The number of piperazine rings is 1. The van der Waals surface area contributed by atoms with Crippen LogP contribution in [0.5, 0.6) is 5.75 Å². The highest BCUT2D eigenvalue weighted by Crippen LogP contribution is 2.20. The number of amides is 1. The molecule has 1 saturated heterocycles. The summed E-state index contributed by atoms with van der Waals surface area (Å²) in [6, 6.07) is 17.8. The Labute approximate surface area is 199 Å². The predicted molar refractivity (Wildman–Crippen MR) is 130 cm³/mol. The number of aromatic nitrogens is 3. The van der Waals surface area contributed by atoms with Crippen molar-refractivity contribution in [2.45, 2.75) is 32.7 Å². The molecule has 0 aliphatic carbocycles. The van der Waals surface area contributed by atoms with E-state index in [2.05, 4.69) is 32.2 Å². The van der Waals surface area contributed by atoms with E-state index in [0.717, 1.165) is 37.4 Å². The minimum atomic E-state index is -0.314. The third-order valence-corrected chi connectivity index (χ3v) is 5.89. The Morgan fingerprint density at radius 1 is 1.03 bits per heavy atom. The molecule has 0 unspecified atom stereocenters. The summed E-state index contributed by atoms with van der Waals surface area (Å²) in [6.07, 6.45) is 1.43. The van der Waals surface area contributed by atoms with Crippen LogP contribution in [0.1, 0.15) is 31.0 Å². The van der Waals surface area contributed by atoms with Crippen LogP contribution in [-0.4, -0.2) is 63.7 Å². The highest BCUT2D eigenvalue weighted by molar-refractivity contribution is 5.76. The molecule has 0 radical (unpaired) electrons. The summed E-state index contributed by atoms with van der Waals surface area (Å²) in [5, 5.41) is 8.29. The lowest BCUT2D eigenvalue weighted by molar-refractivity contribution is -0.133. The molecule has 178 valence electrons. The summed E-state index contributed by atoms with van der Waals surface area (Å²) < 4.78 is 5.64. The molecule has 1 N–H and O–H groups in total. The molecule has 0 saturated carbocycles. The lowest BCUT2D eigenvalue weighted by Crippen LogP contribution is -2.48. The number of carbonyl (C=O) groups excluding carboxylic acids is 1. The third-order valence-electron chi connectivity index (χ3n) is 5.89. The molecule has 1 aliphatic rings. The smallest absolute Gasteiger partial charge is 0.273 e. The summed E-state index contributed by atoms with van der Waals surface area (Å²) in [7, 11) is 0. The van der Waals surface area contributed by atoms with E-state index in [1.807, 2.05) is 54.3 Å². The van der Waals surface area contributed by atoms with Crippen molar-refractivity contribution >= 4 is 5.91 Å². The van der Waals surface area contributed by atoms with Crippen LogP contribution in [-0.2, 0) is 17.8 Å². The Morgan fingerprint density at radius 2 is 1.82 bits per heavy atom. The van der Waals surface area contributed by atoms with Crippen LogP contribution >= 0.6 is 0 Å². The van der Waals surface area contributed by atoms with Crippen LogP contribution in [0.4, 0.5) is 0 Å². The second kappa shape index (κ2) is 11.6. The molecule has 4 rings (SSSR count). The summed E-state index contributed by atoms with van der Waals surface area (Å²) in [5.74, 6) is 1.16. The Balaban J connectivity index is 1.28. The van der Waals surface area contributed by atoms with Gasteiger partial charge in [-0.05, 0) is 24.1 Å². The number of H-pyrrole nitrogens is 1. The van der Waals surface area contributed by atoms with Crippen LogP contribution in [0, 0.1) is 0 Å². The second-order valence-electron chi connectivity index (χ2n) is 8.47. The minimum absolute atomic E-state index is 0.0467. The molecule has 8 heteroatoms. The largest absolute Gasteiger partial charge is 0.494 e. The fourth-order valence-corrected chi connectivity index (χ4v) is 3.99. The topological polar surface area (TPSA) is 91.4 Å². The molecular weight excluding hydrogens is 430 g/mol. The molecule has 0 bridgehead atoms. The van der Waals surface area contributed by atoms with Crippen LogP contribution in [0.3, 0.4) is 0 Å². The van der Waals surface area contributed by atoms with Crippen molar-refractivity contribution in [1.82, 2.24) is 25.0 Å². The highest BCUT2D eigenvalue weighted by Gasteiger charge is 2.21. The van der Waals surface area contributed by atoms with Gasteiger partial charge in [0.15, 0.2) is 5.82 Å². The van der Waals surface area contributed by atoms with Gasteiger partial charge in [-0.2, -0.15) is 0 Å². The zero-order chi connectivity index (χ0) is 23.8. The van der Waals surface area contributed by atoms with Gasteiger partial charge in [0.25, 0.3) is 5.56 Å². The average Bonchev–Trinajstić information content (AvgIpc) is 2.88. The van der Waals surface area contributed by atoms with Gasteiger partial charge in [-0.25, -0.2) is 0 Å². The summed E-state index contributed by atoms with van der Waals surface area (Å²) in [4.78, 5) is 32.3. The zero-order valence-electron chi connectivity index (χ0n) is 19.6. The zero-order valence-corrected chi connectivity index (χ0v) is 19.6. The van der Waals surface area contributed by atoms with Gasteiger partial charge < -0.3 is 14.6 Å². The van der Waals surface area contributed by atoms with Gasteiger partial charge in [0, 0.05) is 51.1 Å². The quantitative estimate of drug-likeness (QED) is 0.527. The van der Waals surface area contributed by atoms with E-state index in [0.29, 0.717) is 25.5 Å². The van der Waals surface area contributed by atoms with Gasteiger partial charge in [-0.15, -0.1) is 10.2 Å². The van der Waals surface area contributed by atoms with E-state index in [1.54, 1.807) is 0 Å². The summed E-state index contributed by atoms with van der Waals surface area (Å²) >= 11 is 0. The summed E-state index contributed by atoms with van der Waals surface area (Å²) in [6.45, 7) is 6.65. The van der Waals surface area contributed by atoms with Gasteiger partial charge in [0.05, 0.1) is 6.61 Å². The predicted octanol–water partition coefficient (Wildman–Crippen LogP) is 2.90. The van der Waals surface area contributed by atoms with E-state index in [4.69, 9.17) is 4.74 Å². The number of nitrogens with one attached hydrogen (secondary N) is 1. The number of hydrogen-bond acceptors (Lipinski definition) is 6. The number of benzene rings is 2. The monoisotopic (exact) mass is 461 g/mol. The molecule has 34 heavy (non-hydrogen) atoms. The number of nitrogens with zero attached hydrogens (tertiary/aromatic N) is 4. The first-order chi connectivity index (χ1) is 16.6. The van der Waals surface area contributed by atoms with Gasteiger partial charge >= 0.3 is 0 Å². The maximum absolute atomic E-state index is 12.7. The first-order valence-electron chi connectivity index (χ1n) is 11.9. The fourth-order valence-electron chi connectivity index (χ4n) is 3.99. The molecule has 0 atom stereocenters. The van der Waals surface area contributed by atoms with Crippen molar-refractivity contribution in [2.75, 3.05) is 32.8 Å². The number of carbonyl (C=O) groups is 1. The molecule has 1 aliphatic heterocycles. The van der Waals surface area contributed by atoms with Crippen molar-refractivity contribution in [3.05, 3.63) is 76.2 Å². The van der Waals surface area contributed by atoms with E-state index in [1.165, 1.54) is 5.56 Å². The number of aryl methyl sites for hydroxylation is 1. The van der Waals surface area contributed by atoms with Gasteiger partial charge in [0.2, 0.25) is 5.91 Å². The standard InChI is InChI=1S/C26H31N5O3/c1-2-17-34-22-10-6-9-21(18-22)25-27-26(33)23(28-29-25)11-12-24(32)31-15-13-30(14-16-31)19-20-7-4-3-5-8-20/h3-10,18H,2,11-17,19H2,1H3,(H,27,29,33). The maximum atomic E-state index is 12.7. The molecule has 8 nitrogen and oxygen atoms in total. The summed E-state index contributed by atoms with van der Waals surface area (Å²) in [5.41, 5.74) is 1.97. The SMILES string of the molecule is CCCOc1cccc(-c2nnc(CCC(=O)N3CCN(Cc4ccccc4)CC3)c(=O)[nH]2)c1. The number of rotatable bonds is 9. The molecule has 2 heterocycles. The first-order valence-corrected chi connectivity index (χ1v) is 11.9. The molecule has 2 aromatic carbocycles. The molecule has 1 amide bonds. The van der Waals surface area contributed by atoms with Crippen LogP contribution < -0.4 is 10.3 Å². The number of aromatic amines is 1. The molecule has 0 spiro atoms. The maximum Gasteiger partial charge on any atom is 0.273 e. The van der Waals surface area contributed by atoms with Crippen molar-refractivity contribution in [2.24, 2.45) is 0 Å². The Kier molecular flexibility index (Phi) is 8.04. The Morgan fingerprint density at radius 3 is 2.56 bits per heavy atom. The number of ether oxygens (including phenoxy) is 1. The van der Waals surface area contributed by atoms with Crippen molar-refractivity contribution < 1.29 is 9.53 Å². The fraction of sp³-hybridized carbons (Fsp3) is 0.385. The molecular formula is C26H31N5O3. The van der Waals surface area contributed by atoms with Crippen LogP contribution in [0.25, 0.3) is 11.4 Å². The van der Waals surface area contributed by atoms with Crippen LogP contribution in [0.15, 0.2) is 59.4 Å². The van der Waals surface area contributed by atoms with Crippen molar-refractivity contribution in [3.8, 4) is 17.1 Å². The van der Waals surface area contributed by atoms with Gasteiger partial charge in [0.1, 0.15) is 11.4 Å². The number of hydrogen-bond donors (Lipinski definition) is 1. The van der Waals surface area contributed by atoms with Crippen molar-refractivity contribution in [1.29, 1.82) is 0 Å². The van der Waals surface area contributed by atoms with E-state index in [-0.39, 0.29) is 30.0 Å². The van der Waals surface area contributed by atoms with E-state index < -0.39 is 0 Å². The molecule has 3 aromatic rings. The third kappa shape index (κ3) is 6.29. The highest BCUT2D eigenvalue weighted by atomic mass is 16.5. The van der Waals surface area contributed by atoms with E-state index in [9.17, 15) is 9.59 Å². The van der Waals surface area contributed by atoms with Gasteiger partial charge in [-0.1, -0.05) is 49.4 Å². The van der Waals surface area contributed by atoms with Crippen LogP contribution in [0.2, 0.25) is 0 Å². The normalized spacial score (nSPS) is 14.2.